The molecule has 0 bridgehead atoms. The van der Waals surface area contributed by atoms with Gasteiger partial charge in [0.2, 0.25) is 0 Å². The minimum absolute atomic E-state index is 0.461. The van der Waals surface area contributed by atoms with Crippen LogP contribution in [0.15, 0.2) is 24.3 Å². The van der Waals surface area contributed by atoms with Crippen molar-refractivity contribution in [3.05, 3.63) is 30.1 Å². The van der Waals surface area contributed by atoms with Gasteiger partial charge in [-0.25, -0.2) is 9.66 Å². The summed E-state index contributed by atoms with van der Waals surface area (Å²) in [6, 6.07) is 7.63. The Labute approximate surface area is 106 Å². The zero-order chi connectivity index (χ0) is 13.1. The average Bonchev–Trinajstić information content (AvgIpc) is 2.67. The first-order valence-electron chi connectivity index (χ1n) is 5.94. The summed E-state index contributed by atoms with van der Waals surface area (Å²) in [4.78, 5) is 4.51. The van der Waals surface area contributed by atoms with Gasteiger partial charge in [-0.1, -0.05) is 19.1 Å². The van der Waals surface area contributed by atoms with Crippen LogP contribution < -0.4 is 16.3 Å². The third-order valence-electron chi connectivity index (χ3n) is 2.86. The van der Waals surface area contributed by atoms with Crippen molar-refractivity contribution in [2.24, 2.45) is 0 Å². The topological polar surface area (TPSA) is 79.1 Å². The highest BCUT2D eigenvalue weighted by Gasteiger charge is 2.16. The van der Waals surface area contributed by atoms with Crippen LogP contribution in [0.1, 0.15) is 19.2 Å². The minimum atomic E-state index is 0.461. The molecule has 5 heteroatoms. The summed E-state index contributed by atoms with van der Waals surface area (Å²) in [6.45, 7) is 2.08. The molecule has 0 unspecified atom stereocenters. The van der Waals surface area contributed by atoms with Crippen LogP contribution in [0.3, 0.4) is 0 Å². The van der Waals surface area contributed by atoms with E-state index in [1.807, 2.05) is 24.3 Å². The van der Waals surface area contributed by atoms with E-state index >= 15 is 0 Å². The minimum Gasteiger partial charge on any atom is -0.496 e. The lowest BCUT2D eigenvalue weighted by atomic mass is 10.1. The molecule has 0 aliphatic carbocycles. The number of aromatic nitrogens is 2. The summed E-state index contributed by atoms with van der Waals surface area (Å²) in [5, 5.41) is 0. The summed E-state index contributed by atoms with van der Waals surface area (Å²) in [7, 11) is 1.63. The molecular formula is C13H18N4O. The molecule has 0 spiro atoms. The number of rotatable bonds is 4. The Bertz CT molecular complexity index is 548. The molecule has 2 rings (SSSR count). The van der Waals surface area contributed by atoms with E-state index in [0.29, 0.717) is 11.5 Å². The standard InChI is InChI=1S/C13H18N4O/c1-3-6-11-16-12(13(14)17(11)15)9-7-4-5-8-10(9)18-2/h4-5,7-8H,3,6,14-15H2,1-2H3. The van der Waals surface area contributed by atoms with Crippen molar-refractivity contribution in [1.82, 2.24) is 9.66 Å². The van der Waals surface area contributed by atoms with Gasteiger partial charge in [0, 0.05) is 12.0 Å². The van der Waals surface area contributed by atoms with Crippen molar-refractivity contribution < 1.29 is 4.74 Å². The van der Waals surface area contributed by atoms with Gasteiger partial charge in [0.15, 0.2) is 5.82 Å². The quantitative estimate of drug-likeness (QED) is 0.806. The summed E-state index contributed by atoms with van der Waals surface area (Å²) in [6.07, 6.45) is 1.77. The van der Waals surface area contributed by atoms with Crippen LogP contribution >= 0.6 is 0 Å². The number of anilines is 1. The van der Waals surface area contributed by atoms with Crippen molar-refractivity contribution in [2.75, 3.05) is 18.7 Å². The van der Waals surface area contributed by atoms with E-state index in [2.05, 4.69) is 11.9 Å². The molecule has 1 aromatic carbocycles. The van der Waals surface area contributed by atoms with Gasteiger partial charge in [0.25, 0.3) is 0 Å². The van der Waals surface area contributed by atoms with Gasteiger partial charge < -0.3 is 16.3 Å². The summed E-state index contributed by atoms with van der Waals surface area (Å²) < 4.78 is 6.77. The highest BCUT2D eigenvalue weighted by Crippen LogP contribution is 2.32. The van der Waals surface area contributed by atoms with E-state index in [9.17, 15) is 0 Å². The molecule has 0 saturated heterocycles. The molecule has 96 valence electrons. The molecule has 0 fully saturated rings. The maximum absolute atomic E-state index is 6.01. The second-order valence-electron chi connectivity index (χ2n) is 4.08. The zero-order valence-electron chi connectivity index (χ0n) is 10.7. The third-order valence-corrected chi connectivity index (χ3v) is 2.86. The van der Waals surface area contributed by atoms with E-state index in [0.717, 1.165) is 30.0 Å². The predicted molar refractivity (Wildman–Crippen MR) is 72.8 cm³/mol. The first-order chi connectivity index (χ1) is 8.69. The van der Waals surface area contributed by atoms with Gasteiger partial charge in [0.1, 0.15) is 17.3 Å². The number of aryl methyl sites for hydroxylation is 1. The number of para-hydroxylation sites is 1. The molecule has 18 heavy (non-hydrogen) atoms. The van der Waals surface area contributed by atoms with Crippen molar-refractivity contribution in [3.8, 4) is 17.0 Å². The van der Waals surface area contributed by atoms with Gasteiger partial charge in [-0.3, -0.25) is 0 Å². The first kappa shape index (κ1) is 12.3. The average molecular weight is 246 g/mol. The number of benzene rings is 1. The summed E-state index contributed by atoms with van der Waals surface area (Å²) in [5.74, 6) is 7.90. The van der Waals surface area contributed by atoms with Crippen molar-refractivity contribution >= 4 is 5.82 Å². The Hall–Kier alpha value is -2.17. The summed E-state index contributed by atoms with van der Waals surface area (Å²) >= 11 is 0. The van der Waals surface area contributed by atoms with E-state index in [1.165, 1.54) is 4.68 Å². The first-order valence-corrected chi connectivity index (χ1v) is 5.94. The fourth-order valence-corrected chi connectivity index (χ4v) is 1.93. The van der Waals surface area contributed by atoms with E-state index < -0.39 is 0 Å². The molecule has 5 nitrogen and oxygen atoms in total. The monoisotopic (exact) mass is 246 g/mol. The number of ether oxygens (including phenoxy) is 1. The lowest BCUT2D eigenvalue weighted by Crippen LogP contribution is -2.15. The Kier molecular flexibility index (Phi) is 3.41. The Morgan fingerprint density at radius 2 is 2.06 bits per heavy atom. The largest absolute Gasteiger partial charge is 0.496 e. The molecule has 2 aromatic rings. The second-order valence-corrected chi connectivity index (χ2v) is 4.08. The number of nitrogen functional groups attached to an aromatic ring is 2. The smallest absolute Gasteiger partial charge is 0.150 e. The fraction of sp³-hybridized carbons (Fsp3) is 0.308. The molecule has 0 aliphatic rings. The van der Waals surface area contributed by atoms with Gasteiger partial charge in [-0.2, -0.15) is 0 Å². The molecule has 0 atom stereocenters. The molecule has 0 amide bonds. The van der Waals surface area contributed by atoms with Crippen LogP contribution in [0.5, 0.6) is 5.75 Å². The lowest BCUT2D eigenvalue weighted by molar-refractivity contribution is 0.416. The van der Waals surface area contributed by atoms with E-state index in [4.69, 9.17) is 16.3 Å². The fourth-order valence-electron chi connectivity index (χ4n) is 1.93. The maximum atomic E-state index is 6.01. The van der Waals surface area contributed by atoms with Crippen molar-refractivity contribution in [2.45, 2.75) is 19.8 Å². The van der Waals surface area contributed by atoms with Crippen LogP contribution in [-0.2, 0) is 6.42 Å². The number of nitrogens with two attached hydrogens (primary N) is 2. The number of hydrogen-bond donors (Lipinski definition) is 2. The number of methoxy groups -OCH3 is 1. The lowest BCUT2D eigenvalue weighted by Gasteiger charge is -2.06. The van der Waals surface area contributed by atoms with Crippen molar-refractivity contribution in [3.63, 3.8) is 0 Å². The van der Waals surface area contributed by atoms with Crippen LogP contribution in [0.25, 0.3) is 11.3 Å². The van der Waals surface area contributed by atoms with Gasteiger partial charge in [-0.15, -0.1) is 0 Å². The van der Waals surface area contributed by atoms with Crippen LogP contribution in [0.4, 0.5) is 5.82 Å². The molecule has 0 radical (unpaired) electrons. The van der Waals surface area contributed by atoms with Gasteiger partial charge in [-0.05, 0) is 18.6 Å². The highest BCUT2D eigenvalue weighted by molar-refractivity contribution is 5.76. The number of nitrogens with zero attached hydrogens (tertiary/aromatic N) is 2. The normalized spacial score (nSPS) is 10.6. The van der Waals surface area contributed by atoms with Gasteiger partial charge >= 0.3 is 0 Å². The molecule has 0 aliphatic heterocycles. The Morgan fingerprint density at radius 1 is 1.33 bits per heavy atom. The predicted octanol–water partition coefficient (Wildman–Crippen LogP) is 1.81. The zero-order valence-corrected chi connectivity index (χ0v) is 10.7. The van der Waals surface area contributed by atoms with Crippen LogP contribution in [-0.4, -0.2) is 16.8 Å². The SMILES string of the molecule is CCCc1nc(-c2ccccc2OC)c(N)n1N. The Balaban J connectivity index is 2.54. The van der Waals surface area contributed by atoms with E-state index in [1.54, 1.807) is 7.11 Å². The second kappa shape index (κ2) is 5.00. The number of imidazole rings is 1. The molecule has 4 N–H and O–H groups in total. The molecule has 1 heterocycles. The van der Waals surface area contributed by atoms with Crippen molar-refractivity contribution in [1.29, 1.82) is 0 Å². The highest BCUT2D eigenvalue weighted by atomic mass is 16.5. The Morgan fingerprint density at radius 3 is 2.72 bits per heavy atom. The molecule has 1 aromatic heterocycles. The molecule has 0 saturated carbocycles. The summed E-state index contributed by atoms with van der Waals surface area (Å²) in [5.41, 5.74) is 7.55. The van der Waals surface area contributed by atoms with E-state index in [-0.39, 0.29) is 0 Å². The maximum Gasteiger partial charge on any atom is 0.150 e. The number of hydrogen-bond acceptors (Lipinski definition) is 4. The van der Waals surface area contributed by atoms with Gasteiger partial charge in [0.05, 0.1) is 7.11 Å². The third kappa shape index (κ3) is 1.99. The van der Waals surface area contributed by atoms with Crippen LogP contribution in [0.2, 0.25) is 0 Å². The van der Waals surface area contributed by atoms with Crippen LogP contribution in [0, 0.1) is 0 Å². The molecular weight excluding hydrogens is 228 g/mol.